The minimum absolute atomic E-state index is 0.534. The molecule has 96 valence electrons. The lowest BCUT2D eigenvalue weighted by Crippen LogP contribution is -2.05. The molecule has 0 saturated heterocycles. The van der Waals surface area contributed by atoms with E-state index in [-0.39, 0.29) is 0 Å². The van der Waals surface area contributed by atoms with Crippen molar-refractivity contribution in [2.24, 2.45) is 0 Å². The molecule has 6 heteroatoms. The van der Waals surface area contributed by atoms with E-state index >= 15 is 0 Å². The van der Waals surface area contributed by atoms with E-state index in [9.17, 15) is 0 Å². The molecule has 2 rings (SSSR count). The molecule has 0 saturated carbocycles. The van der Waals surface area contributed by atoms with Crippen molar-refractivity contribution in [2.45, 2.75) is 13.0 Å². The number of aromatic nitrogens is 2. The summed E-state index contributed by atoms with van der Waals surface area (Å²) in [5, 5.41) is 4.70. The van der Waals surface area contributed by atoms with E-state index in [2.05, 4.69) is 21.0 Å². The summed E-state index contributed by atoms with van der Waals surface area (Å²) in [7, 11) is 0. The summed E-state index contributed by atoms with van der Waals surface area (Å²) < 4.78 is 8.33. The van der Waals surface area contributed by atoms with E-state index in [0.29, 0.717) is 23.2 Å². The summed E-state index contributed by atoms with van der Waals surface area (Å²) >= 11 is 9.39. The molecule has 0 atom stereocenters. The fourth-order valence-electron chi connectivity index (χ4n) is 1.50. The Morgan fingerprint density at radius 1 is 1.39 bits per heavy atom. The summed E-state index contributed by atoms with van der Waals surface area (Å²) in [6.07, 6.45) is 2.69. The van der Waals surface area contributed by atoms with Crippen LogP contribution in [-0.4, -0.2) is 16.4 Å². The number of anilines is 1. The maximum absolute atomic E-state index is 6.04. The molecule has 18 heavy (non-hydrogen) atoms. The number of nitrogens with two attached hydrogens (primary N) is 1. The van der Waals surface area contributed by atoms with E-state index in [1.807, 2.05) is 24.4 Å². The molecule has 2 aromatic rings. The molecule has 0 aliphatic carbocycles. The number of rotatable bonds is 5. The molecule has 0 unspecified atom stereocenters. The second kappa shape index (κ2) is 6.11. The Bertz CT molecular complexity index is 530. The van der Waals surface area contributed by atoms with Crippen molar-refractivity contribution in [1.29, 1.82) is 0 Å². The molecule has 4 nitrogen and oxygen atoms in total. The van der Waals surface area contributed by atoms with Gasteiger partial charge in [0.2, 0.25) is 0 Å². The molecular weight excluding hydrogens is 318 g/mol. The largest absolute Gasteiger partial charge is 0.492 e. The van der Waals surface area contributed by atoms with Crippen LogP contribution in [-0.2, 0) is 6.54 Å². The minimum Gasteiger partial charge on any atom is -0.492 e. The third kappa shape index (κ3) is 3.65. The summed E-state index contributed by atoms with van der Waals surface area (Å²) in [5.74, 6) is 1.23. The maximum Gasteiger partial charge on any atom is 0.145 e. The van der Waals surface area contributed by atoms with Gasteiger partial charge < -0.3 is 10.5 Å². The summed E-state index contributed by atoms with van der Waals surface area (Å²) in [5.41, 5.74) is 5.52. The predicted octanol–water partition coefficient (Wildman–Crippen LogP) is 3.35. The fraction of sp³-hybridized carbons (Fsp3) is 0.250. The molecule has 1 heterocycles. The molecule has 1 aromatic heterocycles. The van der Waals surface area contributed by atoms with E-state index < -0.39 is 0 Å². The SMILES string of the molecule is Nc1ccn(CCCOc2ccc(Br)cc2Cl)n1. The highest BCUT2D eigenvalue weighted by atomic mass is 79.9. The highest BCUT2D eigenvalue weighted by molar-refractivity contribution is 9.10. The van der Waals surface area contributed by atoms with Gasteiger partial charge in [0.25, 0.3) is 0 Å². The van der Waals surface area contributed by atoms with Crippen molar-refractivity contribution in [3.8, 4) is 5.75 Å². The van der Waals surface area contributed by atoms with Crippen LogP contribution in [0.5, 0.6) is 5.75 Å². The van der Waals surface area contributed by atoms with Crippen LogP contribution in [0.1, 0.15) is 6.42 Å². The van der Waals surface area contributed by atoms with Crippen LogP contribution in [0.2, 0.25) is 5.02 Å². The average molecular weight is 331 g/mol. The first-order valence-corrected chi connectivity index (χ1v) is 6.69. The fourth-order valence-corrected chi connectivity index (χ4v) is 2.23. The molecular formula is C12H13BrClN3O. The Labute approximate surface area is 119 Å². The van der Waals surface area contributed by atoms with Crippen LogP contribution in [0, 0.1) is 0 Å². The first-order valence-electron chi connectivity index (χ1n) is 5.52. The number of nitrogen functional groups attached to an aromatic ring is 1. The Balaban J connectivity index is 1.78. The maximum atomic E-state index is 6.04. The van der Waals surface area contributed by atoms with E-state index in [4.69, 9.17) is 22.1 Å². The van der Waals surface area contributed by atoms with Crippen LogP contribution in [0.15, 0.2) is 34.9 Å². The monoisotopic (exact) mass is 329 g/mol. The van der Waals surface area contributed by atoms with Gasteiger partial charge >= 0.3 is 0 Å². The van der Waals surface area contributed by atoms with Gasteiger partial charge in [0, 0.05) is 23.6 Å². The number of ether oxygens (including phenoxy) is 1. The van der Waals surface area contributed by atoms with Crippen molar-refractivity contribution in [3.05, 3.63) is 40.0 Å². The van der Waals surface area contributed by atoms with Gasteiger partial charge in [0.15, 0.2) is 0 Å². The Morgan fingerprint density at radius 3 is 2.89 bits per heavy atom. The van der Waals surface area contributed by atoms with E-state index in [1.165, 1.54) is 0 Å². The van der Waals surface area contributed by atoms with Crippen molar-refractivity contribution >= 4 is 33.3 Å². The smallest absolute Gasteiger partial charge is 0.145 e. The van der Waals surface area contributed by atoms with Crippen LogP contribution in [0.3, 0.4) is 0 Å². The van der Waals surface area contributed by atoms with Gasteiger partial charge in [-0.2, -0.15) is 5.10 Å². The van der Waals surface area contributed by atoms with Gasteiger partial charge in [-0.25, -0.2) is 0 Å². The number of halogens is 2. The number of nitrogens with zero attached hydrogens (tertiary/aromatic N) is 2. The molecule has 2 N–H and O–H groups in total. The van der Waals surface area contributed by atoms with Crippen molar-refractivity contribution in [3.63, 3.8) is 0 Å². The standard InChI is InChI=1S/C12H13BrClN3O/c13-9-2-3-11(10(14)8-9)18-7-1-5-17-6-4-12(15)16-17/h2-4,6,8H,1,5,7H2,(H2,15,16). The van der Waals surface area contributed by atoms with Gasteiger partial charge in [-0.15, -0.1) is 0 Å². The molecule has 0 bridgehead atoms. The zero-order chi connectivity index (χ0) is 13.0. The number of benzene rings is 1. The number of hydrogen-bond acceptors (Lipinski definition) is 3. The topological polar surface area (TPSA) is 53.1 Å². The molecule has 0 aliphatic heterocycles. The van der Waals surface area contributed by atoms with Crippen LogP contribution >= 0.6 is 27.5 Å². The molecule has 0 radical (unpaired) electrons. The third-order valence-corrected chi connectivity index (χ3v) is 3.13. The van der Waals surface area contributed by atoms with Gasteiger partial charge in [-0.3, -0.25) is 4.68 Å². The molecule has 0 fully saturated rings. The molecule has 1 aromatic carbocycles. The summed E-state index contributed by atoms with van der Waals surface area (Å²) in [4.78, 5) is 0. The lowest BCUT2D eigenvalue weighted by atomic mass is 10.3. The highest BCUT2D eigenvalue weighted by Crippen LogP contribution is 2.27. The average Bonchev–Trinajstić information content (AvgIpc) is 2.73. The van der Waals surface area contributed by atoms with Crippen LogP contribution in [0.4, 0.5) is 5.82 Å². The second-order valence-corrected chi connectivity index (χ2v) is 5.10. The van der Waals surface area contributed by atoms with Crippen molar-refractivity contribution in [1.82, 2.24) is 9.78 Å². The van der Waals surface area contributed by atoms with Gasteiger partial charge in [0.05, 0.1) is 11.6 Å². The quantitative estimate of drug-likeness (QED) is 0.855. The van der Waals surface area contributed by atoms with Crippen LogP contribution in [0.25, 0.3) is 0 Å². The predicted molar refractivity (Wildman–Crippen MR) is 75.9 cm³/mol. The van der Waals surface area contributed by atoms with Crippen molar-refractivity contribution < 1.29 is 4.74 Å². The number of aryl methyl sites for hydroxylation is 1. The molecule has 0 aliphatic rings. The lowest BCUT2D eigenvalue weighted by molar-refractivity contribution is 0.299. The third-order valence-electron chi connectivity index (χ3n) is 2.34. The zero-order valence-corrected chi connectivity index (χ0v) is 12.0. The first kappa shape index (κ1) is 13.2. The van der Waals surface area contributed by atoms with E-state index in [0.717, 1.165) is 17.4 Å². The first-order chi connectivity index (χ1) is 8.65. The minimum atomic E-state index is 0.534. The Hall–Kier alpha value is -1.20. The normalized spacial score (nSPS) is 10.6. The van der Waals surface area contributed by atoms with Crippen molar-refractivity contribution in [2.75, 3.05) is 12.3 Å². The zero-order valence-electron chi connectivity index (χ0n) is 9.64. The Morgan fingerprint density at radius 2 is 2.22 bits per heavy atom. The molecule has 0 amide bonds. The van der Waals surface area contributed by atoms with Crippen LogP contribution < -0.4 is 10.5 Å². The van der Waals surface area contributed by atoms with Gasteiger partial charge in [-0.05, 0) is 24.3 Å². The number of hydrogen-bond donors (Lipinski definition) is 1. The molecule has 0 spiro atoms. The van der Waals surface area contributed by atoms with Gasteiger partial charge in [-0.1, -0.05) is 27.5 Å². The summed E-state index contributed by atoms with van der Waals surface area (Å²) in [6, 6.07) is 7.32. The van der Waals surface area contributed by atoms with E-state index in [1.54, 1.807) is 10.7 Å². The highest BCUT2D eigenvalue weighted by Gasteiger charge is 2.02. The van der Waals surface area contributed by atoms with Gasteiger partial charge in [0.1, 0.15) is 11.6 Å². The Kier molecular flexibility index (Phi) is 4.49. The second-order valence-electron chi connectivity index (χ2n) is 3.78. The lowest BCUT2D eigenvalue weighted by Gasteiger charge is -2.08. The summed E-state index contributed by atoms with van der Waals surface area (Å²) in [6.45, 7) is 1.35.